The van der Waals surface area contributed by atoms with Crippen LogP contribution in [0, 0.1) is 11.8 Å². The Labute approximate surface area is 82.3 Å². The van der Waals surface area contributed by atoms with E-state index in [2.05, 4.69) is 20.8 Å². The fourth-order valence-electron chi connectivity index (χ4n) is 1.31. The van der Waals surface area contributed by atoms with E-state index in [9.17, 15) is 5.11 Å². The van der Waals surface area contributed by atoms with E-state index in [0.717, 1.165) is 25.9 Å². The molecule has 1 N–H and O–H groups in total. The van der Waals surface area contributed by atoms with Gasteiger partial charge in [0.05, 0.1) is 6.10 Å². The highest BCUT2D eigenvalue weighted by molar-refractivity contribution is 4.67. The average Bonchev–Trinajstić information content (AvgIpc) is 2.13. The first-order valence-corrected chi connectivity index (χ1v) is 5.28. The minimum absolute atomic E-state index is 0.162. The van der Waals surface area contributed by atoms with Gasteiger partial charge >= 0.3 is 0 Å². The van der Waals surface area contributed by atoms with E-state index < -0.39 is 0 Å². The highest BCUT2D eigenvalue weighted by Gasteiger charge is 2.15. The summed E-state index contributed by atoms with van der Waals surface area (Å²) >= 11 is 0. The number of hydrogen-bond donors (Lipinski definition) is 1. The van der Waals surface area contributed by atoms with Crippen LogP contribution in [0.3, 0.4) is 0 Å². The number of ether oxygens (including phenoxy) is 1. The van der Waals surface area contributed by atoms with Crippen LogP contribution < -0.4 is 0 Å². The van der Waals surface area contributed by atoms with Crippen LogP contribution in [-0.4, -0.2) is 24.9 Å². The van der Waals surface area contributed by atoms with Gasteiger partial charge in [0.2, 0.25) is 0 Å². The molecule has 0 aromatic rings. The molecule has 3 unspecified atom stereocenters. The number of aliphatic hydroxyl groups is 1. The highest BCUT2D eigenvalue weighted by atomic mass is 16.5. The fraction of sp³-hybridized carbons (Fsp3) is 1.00. The van der Waals surface area contributed by atoms with Gasteiger partial charge in [-0.3, -0.25) is 0 Å². The number of aliphatic hydroxyl groups excluding tert-OH is 1. The van der Waals surface area contributed by atoms with Crippen molar-refractivity contribution in [2.45, 2.75) is 46.1 Å². The van der Waals surface area contributed by atoms with Crippen LogP contribution in [0.2, 0.25) is 0 Å². The molecule has 0 saturated heterocycles. The van der Waals surface area contributed by atoms with Crippen LogP contribution in [-0.2, 0) is 4.74 Å². The molecule has 13 heavy (non-hydrogen) atoms. The van der Waals surface area contributed by atoms with Crippen LogP contribution in [0.4, 0.5) is 0 Å². The van der Waals surface area contributed by atoms with E-state index in [1.807, 2.05) is 0 Å². The third kappa shape index (κ3) is 6.05. The number of rotatable bonds is 7. The summed E-state index contributed by atoms with van der Waals surface area (Å²) in [5, 5.41) is 9.79. The third-order valence-electron chi connectivity index (χ3n) is 2.77. The molecule has 0 aromatic carbocycles. The Morgan fingerprint density at radius 3 is 2.38 bits per heavy atom. The van der Waals surface area contributed by atoms with Gasteiger partial charge < -0.3 is 9.84 Å². The molecule has 0 aliphatic rings. The molecule has 0 fully saturated rings. The van der Waals surface area contributed by atoms with E-state index >= 15 is 0 Å². The Morgan fingerprint density at radius 2 is 1.92 bits per heavy atom. The second-order valence-electron chi connectivity index (χ2n) is 4.08. The van der Waals surface area contributed by atoms with E-state index in [1.165, 1.54) is 0 Å². The lowest BCUT2D eigenvalue weighted by Gasteiger charge is -2.21. The normalized spacial score (nSPS) is 18.2. The summed E-state index contributed by atoms with van der Waals surface area (Å²) in [6.45, 7) is 7.19. The zero-order valence-electron chi connectivity index (χ0n) is 9.42. The van der Waals surface area contributed by atoms with Crippen molar-refractivity contribution < 1.29 is 9.84 Å². The molecule has 0 aliphatic heterocycles. The van der Waals surface area contributed by atoms with E-state index in [-0.39, 0.29) is 6.10 Å². The molecule has 0 amide bonds. The van der Waals surface area contributed by atoms with Crippen molar-refractivity contribution >= 4 is 0 Å². The van der Waals surface area contributed by atoms with Gasteiger partial charge in [0.25, 0.3) is 0 Å². The molecule has 2 nitrogen and oxygen atoms in total. The Kier molecular flexibility index (Phi) is 7.29. The molecule has 0 saturated carbocycles. The Bertz CT molecular complexity index is 115. The largest absolute Gasteiger partial charge is 0.393 e. The van der Waals surface area contributed by atoms with Crippen LogP contribution in [0.25, 0.3) is 0 Å². The first kappa shape index (κ1) is 12.9. The first-order chi connectivity index (χ1) is 6.11. The quantitative estimate of drug-likeness (QED) is 0.665. The first-order valence-electron chi connectivity index (χ1n) is 5.28. The lowest BCUT2D eigenvalue weighted by atomic mass is 9.92. The van der Waals surface area contributed by atoms with Crippen LogP contribution in [0.15, 0.2) is 0 Å². The minimum atomic E-state index is -0.162. The maximum Gasteiger partial charge on any atom is 0.0569 e. The molecular formula is C11H24O2. The Balaban J connectivity index is 3.61. The zero-order chi connectivity index (χ0) is 10.3. The molecule has 0 rings (SSSR count). The van der Waals surface area contributed by atoms with Gasteiger partial charge in [-0.15, -0.1) is 0 Å². The molecule has 2 heteroatoms. The third-order valence-corrected chi connectivity index (χ3v) is 2.77. The van der Waals surface area contributed by atoms with Gasteiger partial charge in [0.1, 0.15) is 0 Å². The maximum atomic E-state index is 9.79. The predicted octanol–water partition coefficient (Wildman–Crippen LogP) is 2.46. The molecule has 80 valence electrons. The summed E-state index contributed by atoms with van der Waals surface area (Å²) in [6, 6.07) is 0. The van der Waals surface area contributed by atoms with E-state index in [0.29, 0.717) is 11.8 Å². The monoisotopic (exact) mass is 188 g/mol. The van der Waals surface area contributed by atoms with Crippen molar-refractivity contribution in [1.82, 2.24) is 0 Å². The van der Waals surface area contributed by atoms with Gasteiger partial charge in [-0.05, 0) is 24.7 Å². The van der Waals surface area contributed by atoms with Crippen molar-refractivity contribution in [2.24, 2.45) is 11.8 Å². The fourth-order valence-corrected chi connectivity index (χ4v) is 1.31. The predicted molar refractivity (Wildman–Crippen MR) is 55.7 cm³/mol. The van der Waals surface area contributed by atoms with Crippen molar-refractivity contribution in [1.29, 1.82) is 0 Å². The topological polar surface area (TPSA) is 29.5 Å². The van der Waals surface area contributed by atoms with Crippen molar-refractivity contribution in [3.63, 3.8) is 0 Å². The van der Waals surface area contributed by atoms with Gasteiger partial charge in [0, 0.05) is 13.7 Å². The second-order valence-corrected chi connectivity index (χ2v) is 4.08. The van der Waals surface area contributed by atoms with Crippen molar-refractivity contribution in [3.8, 4) is 0 Å². The Hall–Kier alpha value is -0.0800. The summed E-state index contributed by atoms with van der Waals surface area (Å²) in [4.78, 5) is 0. The summed E-state index contributed by atoms with van der Waals surface area (Å²) in [7, 11) is 1.70. The minimum Gasteiger partial charge on any atom is -0.393 e. The molecule has 0 spiro atoms. The van der Waals surface area contributed by atoms with Gasteiger partial charge in [-0.1, -0.05) is 27.2 Å². The average molecular weight is 188 g/mol. The summed E-state index contributed by atoms with van der Waals surface area (Å²) in [5.74, 6) is 0.981. The molecule has 0 aromatic heterocycles. The molecule has 0 bridgehead atoms. The van der Waals surface area contributed by atoms with E-state index in [4.69, 9.17) is 4.74 Å². The number of hydrogen-bond acceptors (Lipinski definition) is 2. The number of methoxy groups -OCH3 is 1. The van der Waals surface area contributed by atoms with Gasteiger partial charge in [-0.25, -0.2) is 0 Å². The zero-order valence-corrected chi connectivity index (χ0v) is 9.42. The summed E-state index contributed by atoms with van der Waals surface area (Å²) in [5.41, 5.74) is 0. The highest BCUT2D eigenvalue weighted by Crippen LogP contribution is 2.17. The van der Waals surface area contributed by atoms with Crippen molar-refractivity contribution in [3.05, 3.63) is 0 Å². The van der Waals surface area contributed by atoms with Crippen LogP contribution in [0.5, 0.6) is 0 Å². The lowest BCUT2D eigenvalue weighted by Crippen LogP contribution is -2.21. The van der Waals surface area contributed by atoms with Crippen molar-refractivity contribution in [2.75, 3.05) is 13.7 Å². The Morgan fingerprint density at radius 1 is 1.31 bits per heavy atom. The molecular weight excluding hydrogens is 164 g/mol. The van der Waals surface area contributed by atoms with Gasteiger partial charge in [0.15, 0.2) is 0 Å². The maximum absolute atomic E-state index is 9.79. The lowest BCUT2D eigenvalue weighted by molar-refractivity contribution is 0.0700. The SMILES string of the molecule is CCC(C)CC(O)C(C)CCOC. The second kappa shape index (κ2) is 7.34. The van der Waals surface area contributed by atoms with Gasteiger partial charge in [-0.2, -0.15) is 0 Å². The summed E-state index contributed by atoms with van der Waals surface area (Å²) in [6.07, 6.45) is 2.86. The van der Waals surface area contributed by atoms with Crippen LogP contribution in [0.1, 0.15) is 40.0 Å². The summed E-state index contributed by atoms with van der Waals surface area (Å²) < 4.78 is 4.98. The molecule has 0 heterocycles. The smallest absolute Gasteiger partial charge is 0.0569 e. The molecule has 0 radical (unpaired) electrons. The molecule has 0 aliphatic carbocycles. The van der Waals surface area contributed by atoms with Crippen LogP contribution >= 0.6 is 0 Å². The molecule has 3 atom stereocenters. The van der Waals surface area contributed by atoms with E-state index in [1.54, 1.807) is 7.11 Å². The standard InChI is InChI=1S/C11H24O2/c1-5-9(2)8-11(12)10(3)6-7-13-4/h9-12H,5-8H2,1-4H3.